The molecule has 0 N–H and O–H groups in total. The van der Waals surface area contributed by atoms with Crippen LogP contribution in [0.4, 0.5) is 0 Å². The van der Waals surface area contributed by atoms with Crippen molar-refractivity contribution in [2.45, 2.75) is 39.9 Å². The van der Waals surface area contributed by atoms with Gasteiger partial charge in [-0.05, 0) is 174 Å². The number of hydrogen-bond acceptors (Lipinski definition) is 2. The van der Waals surface area contributed by atoms with Crippen LogP contribution in [0.25, 0.3) is 122 Å². The number of pyridine rings is 1. The molecule has 0 unspecified atom stereocenters. The highest BCUT2D eigenvalue weighted by molar-refractivity contribution is 7.20. The molecule has 4 aromatic heterocycles. The van der Waals surface area contributed by atoms with E-state index in [0.29, 0.717) is 67.5 Å². The Balaban J connectivity index is 1.05. The van der Waals surface area contributed by atoms with Gasteiger partial charge in [-0.25, -0.2) is 4.98 Å². The van der Waals surface area contributed by atoms with Gasteiger partial charge in [-0.3, -0.25) is 13.7 Å². The summed E-state index contributed by atoms with van der Waals surface area (Å²) in [4.78, 5) is 4.92. The smallest absolute Gasteiger partial charge is 0.269 e. The fourth-order valence-electron chi connectivity index (χ4n) is 14.5. The largest absolute Gasteiger partial charge is 0.458 e. The van der Waals surface area contributed by atoms with Gasteiger partial charge in [0.05, 0.1) is 70.7 Å². The predicted molar refractivity (Wildman–Crippen MR) is 404 cm³/mol. The van der Waals surface area contributed by atoms with Crippen LogP contribution in [-0.4, -0.2) is 26.8 Å². The highest BCUT2D eigenvalue weighted by Gasteiger charge is 2.43. The number of nitrogens with zero attached hydrogens (tertiary/aromatic N) is 5. The number of fused-ring (bicyclic) bond motifs is 13. The van der Waals surface area contributed by atoms with Crippen LogP contribution in [0.2, 0.25) is 0 Å². The topological polar surface area (TPSA) is 40.8 Å². The predicted octanol–water partition coefficient (Wildman–Crippen LogP) is 19.4. The van der Waals surface area contributed by atoms with E-state index in [4.69, 9.17) is 22.1 Å². The lowest BCUT2D eigenvalue weighted by atomic mass is 9.87. The van der Waals surface area contributed by atoms with Crippen molar-refractivity contribution in [1.82, 2.24) is 18.7 Å². The van der Waals surface area contributed by atoms with E-state index in [1.807, 2.05) is 143 Å². The van der Waals surface area contributed by atoms with Gasteiger partial charge in [-0.15, -0.1) is 0 Å². The standard InChI is InChI=1S/C90H67N5OSi/c1-59-27-25-28-60(2)87(59)61-51-78-72-39-17-15-37-70(72)71-38-16-18-40-73(71)79-56-69(97(66-31-9-6-10-32-66,67-33-11-7-12-34-67)68-35-13-8-14-36-68)57-84-88(79)93(89(78)85(52-61)94-80-44-22-19-41-74(80)75-42-20-23-45-81(75)94)58-92(84)63-29-26-30-64(54-63)96-65-47-48-77-76-43-21-24-46-82(76)95(83(77)55-65)86-53-62(49-50-91-86)90(3,4)5/h6-57H,1-5H3/i1D3,2D3,6D,7D,8D,9D,10D,11D,12D,13D,14D,31D,32D,33D,34D,35D,36D. The van der Waals surface area contributed by atoms with Crippen molar-refractivity contribution in [1.29, 1.82) is 0 Å². The van der Waals surface area contributed by atoms with Gasteiger partial charge in [0.1, 0.15) is 17.3 Å². The number of rotatable bonds is 10. The minimum absolute atomic E-state index is 0.0649. The Morgan fingerprint density at radius 2 is 0.969 bits per heavy atom. The van der Waals surface area contributed by atoms with Crippen LogP contribution in [0.3, 0.4) is 0 Å². The minimum atomic E-state index is -5.99. The lowest BCUT2D eigenvalue weighted by Gasteiger charge is -2.35. The summed E-state index contributed by atoms with van der Waals surface area (Å²) in [5, 5.41) is 1.19. The van der Waals surface area contributed by atoms with E-state index in [9.17, 15) is 16.4 Å². The lowest BCUT2D eigenvalue weighted by Crippen LogP contribution is -2.74. The summed E-state index contributed by atoms with van der Waals surface area (Å²) in [7, 11) is -5.99. The molecule has 0 aliphatic carbocycles. The molecule has 1 aliphatic rings. The molecule has 1 aliphatic heterocycles. The van der Waals surface area contributed by atoms with Crippen molar-refractivity contribution in [3.63, 3.8) is 0 Å². The first-order valence-electron chi connectivity index (χ1n) is 42.3. The molecule has 0 saturated heterocycles. The van der Waals surface area contributed by atoms with Crippen molar-refractivity contribution in [3.8, 4) is 78.9 Å². The Kier molecular flexibility index (Phi) is 9.28. The highest BCUT2D eigenvalue weighted by Crippen LogP contribution is 2.48. The molecule has 462 valence electrons. The van der Waals surface area contributed by atoms with Crippen molar-refractivity contribution < 1.29 is 38.1 Å². The van der Waals surface area contributed by atoms with E-state index in [0.717, 1.165) is 38.1 Å². The normalized spacial score (nSPS) is 15.5. The summed E-state index contributed by atoms with van der Waals surface area (Å²) in [6, 6.07) is 52.0. The second-order valence-corrected chi connectivity index (χ2v) is 28.9. The fourth-order valence-corrected chi connectivity index (χ4v) is 18.4. The van der Waals surface area contributed by atoms with Gasteiger partial charge in [0, 0.05) is 42.0 Å². The van der Waals surface area contributed by atoms with Gasteiger partial charge in [0.2, 0.25) is 0 Å². The van der Waals surface area contributed by atoms with Crippen molar-refractivity contribution in [2.75, 3.05) is 0 Å². The zero-order valence-corrected chi connectivity index (χ0v) is 53.5. The molecule has 0 spiro atoms. The quantitative estimate of drug-likeness (QED) is 0.0593. The number of aryl methyl sites for hydroxylation is 2. The number of para-hydroxylation sites is 3. The molecule has 7 heteroatoms. The summed E-state index contributed by atoms with van der Waals surface area (Å²) < 4.78 is 216. The van der Waals surface area contributed by atoms with Crippen LogP contribution in [0, 0.1) is 20.0 Å². The van der Waals surface area contributed by atoms with Gasteiger partial charge >= 0.3 is 0 Å². The van der Waals surface area contributed by atoms with Crippen LogP contribution in [0.1, 0.15) is 66.2 Å². The lowest BCUT2D eigenvalue weighted by molar-refractivity contribution is -0.571. The first kappa shape index (κ1) is 39.7. The molecule has 0 radical (unpaired) electrons. The monoisotopic (exact) mass is 1280 g/mol. The van der Waals surface area contributed by atoms with Gasteiger partial charge in [0.25, 0.3) is 6.33 Å². The summed E-state index contributed by atoms with van der Waals surface area (Å²) in [6.07, 6.45) is 5.62. The van der Waals surface area contributed by atoms with Crippen LogP contribution in [-0.2, 0) is 5.41 Å². The van der Waals surface area contributed by atoms with Gasteiger partial charge < -0.3 is 9.30 Å². The van der Waals surface area contributed by atoms with E-state index in [-0.39, 0.29) is 55.2 Å². The maximum atomic E-state index is 10.3. The third-order valence-electron chi connectivity index (χ3n) is 18.8. The van der Waals surface area contributed by atoms with E-state index < -0.39 is 128 Å². The molecule has 0 bridgehead atoms. The van der Waals surface area contributed by atoms with Crippen LogP contribution in [0.15, 0.2) is 315 Å². The summed E-state index contributed by atoms with van der Waals surface area (Å²) in [6.45, 7) is 0.647. The van der Waals surface area contributed by atoms with E-state index >= 15 is 0 Å². The summed E-state index contributed by atoms with van der Waals surface area (Å²) in [5.41, 5.74) is 7.51. The molecular formula is C90H67N5OSi. The Morgan fingerprint density at radius 3 is 1.56 bits per heavy atom. The Labute approximate surface area is 595 Å². The molecule has 0 atom stereocenters. The van der Waals surface area contributed by atoms with E-state index in [1.54, 1.807) is 65.4 Å². The molecule has 5 heterocycles. The van der Waals surface area contributed by atoms with Crippen molar-refractivity contribution >= 4 is 83.5 Å². The second kappa shape index (κ2) is 22.7. The van der Waals surface area contributed by atoms with Crippen LogP contribution >= 0.6 is 0 Å². The Hall–Kier alpha value is -11.9. The SMILES string of the molecule is [2H]c1c([2H])c([2H])c([Si](c2cc3c4c(c2)n(-c2cccc(Oc5ccc6c7ccccc7n(-c7cc(C(C)(C)C)ccn7)c6c5)c2)[c-][n+]4-c2c(cc(-c4c(C([2H])([2H])[2H])cccc4C([2H])([2H])[2H])cc2-n2c4ccccc4c4ccccc42)-c2ccccc2-c2ccccc2-3)(c2c([2H])c([2H])c([2H])c([2H])c2[2H])c2c([2H])c([2H])c([2H])c([2H])c2[2H])c([2H])c1[2H]. The molecule has 18 rings (SSSR count). The molecule has 6 nitrogen and oxygen atoms in total. The summed E-state index contributed by atoms with van der Waals surface area (Å²) >= 11 is 0. The highest BCUT2D eigenvalue weighted by atomic mass is 28.3. The number of imidazole rings is 1. The number of benzene rings is 13. The van der Waals surface area contributed by atoms with Crippen molar-refractivity contribution in [2.24, 2.45) is 0 Å². The minimum Gasteiger partial charge on any atom is -0.458 e. The van der Waals surface area contributed by atoms with E-state index in [2.05, 4.69) is 43.8 Å². The Bertz CT molecular complexity index is 6880. The molecule has 17 aromatic rings. The number of aromatic nitrogens is 5. The third kappa shape index (κ3) is 9.21. The zero-order chi connectivity index (χ0) is 83.2. The summed E-state index contributed by atoms with van der Waals surface area (Å²) in [5.74, 6) is 1.37. The van der Waals surface area contributed by atoms with Crippen LogP contribution in [0.5, 0.6) is 11.5 Å². The first-order chi connectivity index (χ1) is 56.2. The number of hydrogen-bond donors (Lipinski definition) is 0. The first-order valence-corrected chi connectivity index (χ1v) is 33.8. The molecule has 13 aromatic carbocycles. The Morgan fingerprint density at radius 1 is 0.443 bits per heavy atom. The molecule has 97 heavy (non-hydrogen) atoms. The molecular weight excluding hydrogens is 1200 g/mol. The van der Waals surface area contributed by atoms with E-state index in [1.165, 1.54) is 18.2 Å². The third-order valence-corrected chi connectivity index (χ3v) is 23.0. The maximum absolute atomic E-state index is 10.3. The van der Waals surface area contributed by atoms with Crippen LogP contribution < -0.4 is 30.1 Å². The average molecular weight is 1280 g/mol. The maximum Gasteiger partial charge on any atom is 0.269 e. The second-order valence-electron chi connectivity index (χ2n) is 25.3. The molecule has 0 saturated carbocycles. The van der Waals surface area contributed by atoms with Gasteiger partial charge in [-0.1, -0.05) is 251 Å². The molecule has 0 amide bonds. The molecule has 0 fully saturated rings. The van der Waals surface area contributed by atoms with Gasteiger partial charge in [0.15, 0.2) is 8.07 Å². The average Bonchev–Trinajstić information content (AvgIpc) is 0.711. The number of ether oxygens (including phenoxy) is 1. The van der Waals surface area contributed by atoms with Gasteiger partial charge in [-0.2, -0.15) is 0 Å². The fraction of sp³-hybridized carbons (Fsp3) is 0.0667. The van der Waals surface area contributed by atoms with Crippen molar-refractivity contribution in [3.05, 3.63) is 338 Å². The zero-order valence-electron chi connectivity index (χ0n) is 73.5.